The largest absolute Gasteiger partial charge is 0.480 e. The second kappa shape index (κ2) is 7.24. The number of carboxylic acids is 1. The third-order valence-electron chi connectivity index (χ3n) is 3.74. The van der Waals surface area contributed by atoms with Gasteiger partial charge < -0.3 is 10.4 Å². The Kier molecular flexibility index (Phi) is 5.61. The van der Waals surface area contributed by atoms with Crippen molar-refractivity contribution in [3.8, 4) is 0 Å². The molecular formula is C15H20N2O2S2. The molecule has 0 saturated carbocycles. The maximum atomic E-state index is 11.4. The monoisotopic (exact) mass is 324 g/mol. The molecule has 0 bridgehead atoms. The van der Waals surface area contributed by atoms with E-state index in [0.29, 0.717) is 12.8 Å². The van der Waals surface area contributed by atoms with Gasteiger partial charge in [-0.3, -0.25) is 4.79 Å². The second-order valence-electron chi connectivity index (χ2n) is 4.89. The van der Waals surface area contributed by atoms with Crippen LogP contribution in [0.3, 0.4) is 0 Å². The Morgan fingerprint density at radius 2 is 2.24 bits per heavy atom. The normalized spacial score (nSPS) is 14.2. The van der Waals surface area contributed by atoms with E-state index in [1.165, 1.54) is 4.70 Å². The Morgan fingerprint density at radius 3 is 2.86 bits per heavy atom. The van der Waals surface area contributed by atoms with Crippen LogP contribution in [-0.4, -0.2) is 34.4 Å². The first-order valence-corrected chi connectivity index (χ1v) is 8.82. The molecule has 2 aromatic rings. The van der Waals surface area contributed by atoms with Gasteiger partial charge in [0.2, 0.25) is 0 Å². The Hall–Kier alpha value is -1.11. The molecular weight excluding hydrogens is 304 g/mol. The molecule has 2 rings (SSSR count). The van der Waals surface area contributed by atoms with Crippen molar-refractivity contribution in [3.05, 3.63) is 24.3 Å². The summed E-state index contributed by atoms with van der Waals surface area (Å²) in [5.74, 6) is 0.119. The minimum absolute atomic E-state index is 0.588. The fourth-order valence-electron chi connectivity index (χ4n) is 2.29. The lowest BCUT2D eigenvalue weighted by Crippen LogP contribution is -2.49. The van der Waals surface area contributed by atoms with Crippen LogP contribution in [0.4, 0.5) is 0 Å². The SMILES string of the molecule is CCC(CCCSc1nc2ccccc2s1)(NC)C(=O)O. The minimum Gasteiger partial charge on any atom is -0.480 e. The lowest BCUT2D eigenvalue weighted by atomic mass is 9.91. The van der Waals surface area contributed by atoms with E-state index in [9.17, 15) is 9.90 Å². The van der Waals surface area contributed by atoms with Crippen molar-refractivity contribution in [3.63, 3.8) is 0 Å². The van der Waals surface area contributed by atoms with Crippen LogP contribution in [-0.2, 0) is 4.79 Å². The summed E-state index contributed by atoms with van der Waals surface area (Å²) in [5.41, 5.74) is 0.238. The number of carbonyl (C=O) groups is 1. The van der Waals surface area contributed by atoms with Gasteiger partial charge >= 0.3 is 5.97 Å². The molecule has 1 aromatic heterocycles. The number of fused-ring (bicyclic) bond motifs is 1. The van der Waals surface area contributed by atoms with Crippen LogP contribution in [0, 0.1) is 0 Å². The topological polar surface area (TPSA) is 62.2 Å². The highest BCUT2D eigenvalue weighted by Gasteiger charge is 2.33. The minimum atomic E-state index is -0.797. The zero-order valence-electron chi connectivity index (χ0n) is 12.3. The summed E-state index contributed by atoms with van der Waals surface area (Å²) in [6, 6.07) is 8.10. The third kappa shape index (κ3) is 3.75. The van der Waals surface area contributed by atoms with Gasteiger partial charge in [0.05, 0.1) is 10.2 Å². The number of thiazole rings is 1. The summed E-state index contributed by atoms with van der Waals surface area (Å²) in [6.45, 7) is 1.91. The van der Waals surface area contributed by atoms with Crippen molar-refractivity contribution >= 4 is 39.3 Å². The van der Waals surface area contributed by atoms with E-state index >= 15 is 0 Å². The molecule has 4 nitrogen and oxygen atoms in total. The quantitative estimate of drug-likeness (QED) is 0.573. The predicted octanol–water partition coefficient (Wildman–Crippen LogP) is 3.62. The van der Waals surface area contributed by atoms with Crippen LogP contribution >= 0.6 is 23.1 Å². The molecule has 1 unspecified atom stereocenters. The van der Waals surface area contributed by atoms with E-state index in [4.69, 9.17) is 0 Å². The van der Waals surface area contributed by atoms with Gasteiger partial charge in [0, 0.05) is 5.75 Å². The molecule has 1 atom stereocenters. The van der Waals surface area contributed by atoms with Crippen LogP contribution < -0.4 is 5.32 Å². The molecule has 0 aliphatic carbocycles. The molecule has 0 aliphatic heterocycles. The number of hydrogen-bond donors (Lipinski definition) is 2. The van der Waals surface area contributed by atoms with Gasteiger partial charge in [0.1, 0.15) is 5.54 Å². The summed E-state index contributed by atoms with van der Waals surface area (Å²) in [5, 5.41) is 12.3. The van der Waals surface area contributed by atoms with E-state index in [1.807, 2.05) is 25.1 Å². The van der Waals surface area contributed by atoms with Crippen LogP contribution in [0.1, 0.15) is 26.2 Å². The van der Waals surface area contributed by atoms with Gasteiger partial charge in [-0.2, -0.15) is 0 Å². The molecule has 114 valence electrons. The summed E-state index contributed by atoms with van der Waals surface area (Å²) < 4.78 is 2.25. The maximum absolute atomic E-state index is 11.4. The molecule has 0 fully saturated rings. The summed E-state index contributed by atoms with van der Waals surface area (Å²) >= 11 is 3.40. The number of nitrogens with zero attached hydrogens (tertiary/aromatic N) is 1. The predicted molar refractivity (Wildman–Crippen MR) is 89.3 cm³/mol. The second-order valence-corrected chi connectivity index (χ2v) is 7.26. The van der Waals surface area contributed by atoms with Crippen molar-refractivity contribution in [2.45, 2.75) is 36.1 Å². The standard InChI is InChI=1S/C15H20N2O2S2/c1-3-15(16-2,13(18)19)9-6-10-20-14-17-11-7-4-5-8-12(11)21-14/h4-5,7-8,16H,3,6,9-10H2,1-2H3,(H,18,19). The van der Waals surface area contributed by atoms with Gasteiger partial charge in [-0.25, -0.2) is 4.98 Å². The van der Waals surface area contributed by atoms with Crippen molar-refractivity contribution in [2.24, 2.45) is 0 Å². The van der Waals surface area contributed by atoms with Gasteiger partial charge in [-0.05, 0) is 38.4 Å². The molecule has 0 radical (unpaired) electrons. The molecule has 0 aliphatic rings. The number of likely N-dealkylation sites (N-methyl/N-ethyl adjacent to an activating group) is 1. The Bertz CT molecular complexity index is 575. The van der Waals surface area contributed by atoms with Crippen LogP contribution in [0.25, 0.3) is 10.2 Å². The zero-order valence-corrected chi connectivity index (χ0v) is 13.9. The molecule has 1 heterocycles. The number of nitrogens with one attached hydrogen (secondary N) is 1. The van der Waals surface area contributed by atoms with E-state index in [-0.39, 0.29) is 0 Å². The summed E-state index contributed by atoms with van der Waals surface area (Å²) in [7, 11) is 1.72. The van der Waals surface area contributed by atoms with Crippen molar-refractivity contribution in [1.29, 1.82) is 0 Å². The summed E-state index contributed by atoms with van der Waals surface area (Å²) in [6.07, 6.45) is 2.07. The Labute approximate surface area is 133 Å². The number of hydrogen-bond acceptors (Lipinski definition) is 5. The molecule has 6 heteroatoms. The molecule has 2 N–H and O–H groups in total. The average Bonchev–Trinajstić information content (AvgIpc) is 2.90. The van der Waals surface area contributed by atoms with E-state index in [0.717, 1.165) is 22.0 Å². The van der Waals surface area contributed by atoms with Crippen LogP contribution in [0.5, 0.6) is 0 Å². The lowest BCUT2D eigenvalue weighted by molar-refractivity contribution is -0.145. The van der Waals surface area contributed by atoms with E-state index < -0.39 is 11.5 Å². The fourth-order valence-corrected chi connectivity index (χ4v) is 4.37. The first-order valence-electron chi connectivity index (χ1n) is 7.02. The maximum Gasteiger partial charge on any atom is 0.323 e. The highest BCUT2D eigenvalue weighted by Crippen LogP contribution is 2.30. The lowest BCUT2D eigenvalue weighted by Gasteiger charge is -2.27. The number of thioether (sulfide) groups is 1. The molecule has 0 saturated heterocycles. The molecule has 21 heavy (non-hydrogen) atoms. The smallest absolute Gasteiger partial charge is 0.323 e. The van der Waals surface area contributed by atoms with E-state index in [1.54, 1.807) is 30.1 Å². The molecule has 0 amide bonds. The number of rotatable bonds is 8. The van der Waals surface area contributed by atoms with Crippen LogP contribution in [0.2, 0.25) is 0 Å². The number of carboxylic acid groups (broad SMARTS) is 1. The Balaban J connectivity index is 1.88. The third-order valence-corrected chi connectivity index (χ3v) is 6.00. The highest BCUT2D eigenvalue weighted by atomic mass is 32.2. The van der Waals surface area contributed by atoms with Gasteiger partial charge in [-0.1, -0.05) is 30.8 Å². The van der Waals surface area contributed by atoms with Crippen molar-refractivity contribution in [1.82, 2.24) is 10.3 Å². The van der Waals surface area contributed by atoms with Gasteiger partial charge in [-0.15, -0.1) is 11.3 Å². The molecule has 1 aromatic carbocycles. The first-order chi connectivity index (χ1) is 10.1. The number of benzene rings is 1. The van der Waals surface area contributed by atoms with Crippen LogP contribution in [0.15, 0.2) is 28.6 Å². The zero-order chi connectivity index (χ0) is 15.3. The number of aliphatic carboxylic acids is 1. The number of para-hydroxylation sites is 1. The number of aromatic nitrogens is 1. The van der Waals surface area contributed by atoms with Gasteiger partial charge in [0.15, 0.2) is 4.34 Å². The summed E-state index contributed by atoms with van der Waals surface area (Å²) in [4.78, 5) is 16.0. The Morgan fingerprint density at radius 1 is 1.48 bits per heavy atom. The van der Waals surface area contributed by atoms with E-state index in [2.05, 4.69) is 16.4 Å². The molecule has 0 spiro atoms. The average molecular weight is 324 g/mol. The van der Waals surface area contributed by atoms with Crippen molar-refractivity contribution < 1.29 is 9.90 Å². The first kappa shape index (κ1) is 16.3. The highest BCUT2D eigenvalue weighted by molar-refractivity contribution is 8.01. The van der Waals surface area contributed by atoms with Gasteiger partial charge in [0.25, 0.3) is 0 Å². The fraction of sp³-hybridized carbons (Fsp3) is 0.467. The van der Waals surface area contributed by atoms with Crippen molar-refractivity contribution in [2.75, 3.05) is 12.8 Å².